The Labute approximate surface area is 95.2 Å². The summed E-state index contributed by atoms with van der Waals surface area (Å²) in [5.41, 5.74) is 0. The normalized spacial score (nSPS) is 25.1. The smallest absolute Gasteiger partial charge is 0.310 e. The lowest BCUT2D eigenvalue weighted by Crippen LogP contribution is -2.34. The van der Waals surface area contributed by atoms with Crippen molar-refractivity contribution >= 4 is 11.9 Å². The first-order chi connectivity index (χ1) is 7.72. The van der Waals surface area contributed by atoms with E-state index in [0.29, 0.717) is 13.1 Å². The average Bonchev–Trinajstić information content (AvgIpc) is 2.97. The summed E-state index contributed by atoms with van der Waals surface area (Å²) in [6.07, 6.45) is 6.53. The molecule has 0 aromatic rings. The van der Waals surface area contributed by atoms with Crippen LogP contribution in [0.15, 0.2) is 12.2 Å². The maximum absolute atomic E-state index is 12.0. The minimum atomic E-state index is -0.195. The Hall–Kier alpha value is -1.32. The molecule has 1 aliphatic heterocycles. The highest BCUT2D eigenvalue weighted by Gasteiger charge is 2.34. The average molecular weight is 223 g/mol. The van der Waals surface area contributed by atoms with Crippen LogP contribution in [-0.4, -0.2) is 37.0 Å². The van der Waals surface area contributed by atoms with Gasteiger partial charge in [-0.15, -0.1) is 0 Å². The maximum atomic E-state index is 12.0. The Morgan fingerprint density at radius 3 is 2.56 bits per heavy atom. The first-order valence-corrected chi connectivity index (χ1v) is 5.74. The molecule has 1 unspecified atom stereocenters. The molecule has 1 amide bonds. The van der Waals surface area contributed by atoms with Gasteiger partial charge in [0, 0.05) is 19.0 Å². The van der Waals surface area contributed by atoms with Gasteiger partial charge in [-0.05, 0) is 19.3 Å². The van der Waals surface area contributed by atoms with Gasteiger partial charge in [0.05, 0.1) is 13.0 Å². The van der Waals surface area contributed by atoms with Crippen LogP contribution in [0.5, 0.6) is 0 Å². The molecule has 2 rings (SSSR count). The summed E-state index contributed by atoms with van der Waals surface area (Å²) in [5, 5.41) is 0. The van der Waals surface area contributed by atoms with E-state index in [1.165, 1.54) is 7.11 Å². The van der Waals surface area contributed by atoms with E-state index < -0.39 is 0 Å². The van der Waals surface area contributed by atoms with Gasteiger partial charge >= 0.3 is 5.97 Å². The van der Waals surface area contributed by atoms with Gasteiger partial charge in [0.1, 0.15) is 0 Å². The summed E-state index contributed by atoms with van der Waals surface area (Å²) < 4.78 is 4.70. The molecule has 4 nitrogen and oxygen atoms in total. The largest absolute Gasteiger partial charge is 0.469 e. The van der Waals surface area contributed by atoms with Gasteiger partial charge in [-0.3, -0.25) is 9.59 Å². The Kier molecular flexibility index (Phi) is 3.27. The fourth-order valence-corrected chi connectivity index (χ4v) is 2.40. The SMILES string of the molecule is COC(=O)C1CCN(C(=O)C2CC=CC2)C1. The highest BCUT2D eigenvalue weighted by Crippen LogP contribution is 2.25. The van der Waals surface area contributed by atoms with E-state index in [9.17, 15) is 9.59 Å². The molecule has 1 fully saturated rings. The number of carbonyl (C=O) groups excluding carboxylic acids is 2. The van der Waals surface area contributed by atoms with Gasteiger partial charge in [-0.2, -0.15) is 0 Å². The number of ether oxygens (including phenoxy) is 1. The van der Waals surface area contributed by atoms with E-state index in [4.69, 9.17) is 4.74 Å². The number of hydrogen-bond acceptors (Lipinski definition) is 3. The summed E-state index contributed by atoms with van der Waals surface area (Å²) in [4.78, 5) is 25.2. The molecule has 0 saturated carbocycles. The number of esters is 1. The van der Waals surface area contributed by atoms with Crippen molar-refractivity contribution in [3.8, 4) is 0 Å². The summed E-state index contributed by atoms with van der Waals surface area (Å²) in [7, 11) is 1.40. The molecular weight excluding hydrogens is 206 g/mol. The van der Waals surface area contributed by atoms with Crippen molar-refractivity contribution in [2.24, 2.45) is 11.8 Å². The van der Waals surface area contributed by atoms with Crippen molar-refractivity contribution in [3.05, 3.63) is 12.2 Å². The lowest BCUT2D eigenvalue weighted by atomic mass is 10.1. The second-order valence-electron chi connectivity index (χ2n) is 4.43. The lowest BCUT2D eigenvalue weighted by Gasteiger charge is -2.20. The van der Waals surface area contributed by atoms with Gasteiger partial charge in [0.15, 0.2) is 0 Å². The third-order valence-corrected chi connectivity index (χ3v) is 3.39. The van der Waals surface area contributed by atoms with E-state index in [1.807, 2.05) is 0 Å². The molecular formula is C12H17NO3. The molecule has 16 heavy (non-hydrogen) atoms. The number of carbonyl (C=O) groups is 2. The number of hydrogen-bond donors (Lipinski definition) is 0. The summed E-state index contributed by atoms with van der Waals surface area (Å²) in [6, 6.07) is 0. The number of amides is 1. The van der Waals surface area contributed by atoms with Crippen molar-refractivity contribution in [2.75, 3.05) is 20.2 Å². The van der Waals surface area contributed by atoms with Crippen LogP contribution < -0.4 is 0 Å². The summed E-state index contributed by atoms with van der Waals surface area (Å²) in [6.45, 7) is 1.22. The topological polar surface area (TPSA) is 46.6 Å². The number of nitrogens with zero attached hydrogens (tertiary/aromatic N) is 1. The van der Waals surface area contributed by atoms with E-state index in [-0.39, 0.29) is 23.7 Å². The van der Waals surface area contributed by atoms with Crippen LogP contribution in [0, 0.1) is 11.8 Å². The van der Waals surface area contributed by atoms with Gasteiger partial charge in [-0.25, -0.2) is 0 Å². The Morgan fingerprint density at radius 2 is 1.94 bits per heavy atom. The van der Waals surface area contributed by atoms with Crippen molar-refractivity contribution in [1.82, 2.24) is 4.90 Å². The van der Waals surface area contributed by atoms with Crippen LogP contribution in [-0.2, 0) is 14.3 Å². The van der Waals surface area contributed by atoms with E-state index in [2.05, 4.69) is 12.2 Å². The summed E-state index contributed by atoms with van der Waals surface area (Å²) in [5.74, 6) is -0.0176. The van der Waals surface area contributed by atoms with E-state index in [0.717, 1.165) is 19.3 Å². The molecule has 1 atom stereocenters. The van der Waals surface area contributed by atoms with Crippen LogP contribution in [0.2, 0.25) is 0 Å². The van der Waals surface area contributed by atoms with Crippen LogP contribution in [0.4, 0.5) is 0 Å². The number of likely N-dealkylation sites (tertiary alicyclic amines) is 1. The Bertz CT molecular complexity index is 316. The van der Waals surface area contributed by atoms with E-state index in [1.54, 1.807) is 4.90 Å². The Morgan fingerprint density at radius 1 is 1.25 bits per heavy atom. The number of allylic oxidation sites excluding steroid dienone is 2. The number of methoxy groups -OCH3 is 1. The monoisotopic (exact) mass is 223 g/mol. The fourth-order valence-electron chi connectivity index (χ4n) is 2.40. The molecule has 0 bridgehead atoms. The second kappa shape index (κ2) is 4.68. The quantitative estimate of drug-likeness (QED) is 0.517. The standard InChI is InChI=1S/C12H17NO3/c1-16-12(15)10-6-7-13(8-10)11(14)9-4-2-3-5-9/h2-3,9-10H,4-8H2,1H3. The molecule has 2 aliphatic rings. The minimum absolute atomic E-state index is 0.108. The zero-order valence-electron chi connectivity index (χ0n) is 9.52. The van der Waals surface area contributed by atoms with Crippen LogP contribution in [0.25, 0.3) is 0 Å². The molecule has 1 saturated heterocycles. The molecule has 1 heterocycles. The van der Waals surface area contributed by atoms with Gasteiger partial charge in [-0.1, -0.05) is 12.2 Å². The molecule has 1 aliphatic carbocycles. The van der Waals surface area contributed by atoms with Crippen molar-refractivity contribution in [2.45, 2.75) is 19.3 Å². The molecule has 4 heteroatoms. The van der Waals surface area contributed by atoms with Gasteiger partial charge < -0.3 is 9.64 Å². The van der Waals surface area contributed by atoms with Crippen molar-refractivity contribution in [3.63, 3.8) is 0 Å². The molecule has 0 N–H and O–H groups in total. The third kappa shape index (κ3) is 2.10. The third-order valence-electron chi connectivity index (χ3n) is 3.39. The first-order valence-electron chi connectivity index (χ1n) is 5.74. The fraction of sp³-hybridized carbons (Fsp3) is 0.667. The highest BCUT2D eigenvalue weighted by atomic mass is 16.5. The highest BCUT2D eigenvalue weighted by molar-refractivity contribution is 5.81. The van der Waals surface area contributed by atoms with Gasteiger partial charge in [0.25, 0.3) is 0 Å². The molecule has 0 aromatic carbocycles. The molecule has 88 valence electrons. The zero-order valence-corrected chi connectivity index (χ0v) is 9.52. The van der Waals surface area contributed by atoms with Crippen LogP contribution in [0.3, 0.4) is 0 Å². The summed E-state index contributed by atoms with van der Waals surface area (Å²) >= 11 is 0. The van der Waals surface area contributed by atoms with Crippen molar-refractivity contribution < 1.29 is 14.3 Å². The van der Waals surface area contributed by atoms with Gasteiger partial charge in [0.2, 0.25) is 5.91 Å². The Balaban J connectivity index is 1.88. The lowest BCUT2D eigenvalue weighted by molar-refractivity contribution is -0.145. The van der Waals surface area contributed by atoms with Crippen molar-refractivity contribution in [1.29, 1.82) is 0 Å². The predicted octanol–water partition coefficient (Wildman–Crippen LogP) is 0.974. The molecule has 0 radical (unpaired) electrons. The zero-order chi connectivity index (χ0) is 11.5. The van der Waals surface area contributed by atoms with E-state index >= 15 is 0 Å². The van der Waals surface area contributed by atoms with Crippen LogP contribution in [0.1, 0.15) is 19.3 Å². The maximum Gasteiger partial charge on any atom is 0.310 e. The second-order valence-corrected chi connectivity index (χ2v) is 4.43. The molecule has 0 aromatic heterocycles. The van der Waals surface area contributed by atoms with Crippen LogP contribution >= 0.6 is 0 Å². The number of rotatable bonds is 2. The predicted molar refractivity (Wildman–Crippen MR) is 58.6 cm³/mol. The molecule has 0 spiro atoms. The minimum Gasteiger partial charge on any atom is -0.469 e. The first kappa shape index (κ1) is 11.2.